The van der Waals surface area contributed by atoms with Gasteiger partial charge < -0.3 is 14.2 Å². The molecule has 4 heteroatoms. The van der Waals surface area contributed by atoms with Crippen LogP contribution in [0, 0.1) is 13.8 Å². The molecule has 148 valence electrons. The zero-order valence-electron chi connectivity index (χ0n) is 17.2. The van der Waals surface area contributed by atoms with Gasteiger partial charge in [-0.25, -0.2) is 4.99 Å². The van der Waals surface area contributed by atoms with Crippen molar-refractivity contribution in [3.8, 4) is 17.2 Å². The molecule has 4 nitrogen and oxygen atoms in total. The van der Waals surface area contributed by atoms with Gasteiger partial charge in [0.25, 0.3) is 0 Å². The summed E-state index contributed by atoms with van der Waals surface area (Å²) in [6.45, 7) is 5.99. The predicted molar refractivity (Wildman–Crippen MR) is 117 cm³/mol. The summed E-state index contributed by atoms with van der Waals surface area (Å²) in [5.41, 5.74) is 3.92. The Morgan fingerprint density at radius 2 is 1.41 bits per heavy atom. The quantitative estimate of drug-likeness (QED) is 0.279. The Hall–Kier alpha value is -3.53. The van der Waals surface area contributed by atoms with Crippen LogP contribution in [0.4, 0.5) is 5.69 Å². The minimum atomic E-state index is 0.453. The average Bonchev–Trinajstić information content (AvgIpc) is 2.74. The predicted octanol–water partition coefficient (Wildman–Crippen LogP) is 6.40. The van der Waals surface area contributed by atoms with E-state index in [2.05, 4.69) is 4.99 Å². The van der Waals surface area contributed by atoms with Crippen molar-refractivity contribution in [2.45, 2.75) is 20.8 Å². The lowest BCUT2D eigenvalue weighted by Gasteiger charge is -2.11. The van der Waals surface area contributed by atoms with E-state index in [0.717, 1.165) is 22.8 Å². The molecule has 0 aliphatic rings. The fourth-order valence-corrected chi connectivity index (χ4v) is 2.53. The van der Waals surface area contributed by atoms with Gasteiger partial charge in [-0.15, -0.1) is 0 Å². The van der Waals surface area contributed by atoms with Crippen LogP contribution in [0.2, 0.25) is 0 Å². The first-order chi connectivity index (χ1) is 14.0. The topological polar surface area (TPSA) is 40.0 Å². The summed E-state index contributed by atoms with van der Waals surface area (Å²) in [5, 5.41) is 0. The van der Waals surface area contributed by atoms with Crippen molar-refractivity contribution in [2.75, 3.05) is 7.11 Å². The third-order valence-corrected chi connectivity index (χ3v) is 4.25. The van der Waals surface area contributed by atoms with Gasteiger partial charge in [0.05, 0.1) is 19.1 Å². The molecule has 0 heterocycles. The lowest BCUT2D eigenvalue weighted by Crippen LogP contribution is -2.11. The first-order valence-corrected chi connectivity index (χ1v) is 9.41. The number of nitrogens with zero attached hydrogens (tertiary/aromatic N) is 1. The highest BCUT2D eigenvalue weighted by atomic mass is 16.5. The first-order valence-electron chi connectivity index (χ1n) is 9.41. The molecule has 0 saturated carbocycles. The highest BCUT2D eigenvalue weighted by Crippen LogP contribution is 2.22. The number of benzene rings is 3. The molecule has 0 aliphatic carbocycles. The van der Waals surface area contributed by atoms with Crippen LogP contribution in [0.5, 0.6) is 17.2 Å². The number of aryl methyl sites for hydroxylation is 2. The van der Waals surface area contributed by atoms with Gasteiger partial charge in [-0.05, 0) is 57.2 Å². The largest absolute Gasteiger partial charge is 0.497 e. The van der Waals surface area contributed by atoms with Gasteiger partial charge in [0.1, 0.15) is 17.2 Å². The smallest absolute Gasteiger partial charge is 0.225 e. The zero-order valence-corrected chi connectivity index (χ0v) is 17.2. The maximum absolute atomic E-state index is 6.08. The van der Waals surface area contributed by atoms with Crippen LogP contribution in [0.25, 0.3) is 0 Å². The van der Waals surface area contributed by atoms with Crippen LogP contribution in [0.1, 0.15) is 18.1 Å². The number of rotatable bonds is 6. The van der Waals surface area contributed by atoms with Gasteiger partial charge >= 0.3 is 0 Å². The lowest BCUT2D eigenvalue weighted by molar-refractivity contribution is 0.411. The number of hydrogen-bond acceptors (Lipinski definition) is 4. The van der Waals surface area contributed by atoms with Crippen molar-refractivity contribution < 1.29 is 14.2 Å². The van der Waals surface area contributed by atoms with Crippen molar-refractivity contribution in [3.05, 3.63) is 95.8 Å². The summed E-state index contributed by atoms with van der Waals surface area (Å²) < 4.78 is 17.2. The molecule has 0 atom stereocenters. The normalized spacial score (nSPS) is 11.9. The molecule has 0 spiro atoms. The summed E-state index contributed by atoms with van der Waals surface area (Å²) in [6, 6.07) is 23.2. The first kappa shape index (κ1) is 20.2. The van der Waals surface area contributed by atoms with E-state index < -0.39 is 0 Å². The SMILES string of the molecule is COc1cccc(OC(=Nc2ccc(C)cc2)C(C)=COc2ccc(C)cc2)c1. The Morgan fingerprint density at radius 3 is 2.07 bits per heavy atom. The maximum atomic E-state index is 6.08. The van der Waals surface area contributed by atoms with Crippen molar-refractivity contribution in [1.82, 2.24) is 0 Å². The molecule has 0 radical (unpaired) electrons. The minimum Gasteiger partial charge on any atom is -0.497 e. The van der Waals surface area contributed by atoms with Crippen LogP contribution in [-0.4, -0.2) is 13.0 Å². The third-order valence-electron chi connectivity index (χ3n) is 4.25. The Kier molecular flexibility index (Phi) is 6.69. The van der Waals surface area contributed by atoms with Crippen molar-refractivity contribution >= 4 is 11.6 Å². The average molecular weight is 387 g/mol. The summed E-state index contributed by atoms with van der Waals surface area (Å²) in [6.07, 6.45) is 1.65. The monoisotopic (exact) mass is 387 g/mol. The van der Waals surface area contributed by atoms with E-state index in [4.69, 9.17) is 14.2 Å². The molecule has 0 N–H and O–H groups in total. The molecule has 0 saturated heterocycles. The summed E-state index contributed by atoms with van der Waals surface area (Å²) in [5.74, 6) is 2.56. The van der Waals surface area contributed by atoms with Gasteiger partial charge in [0, 0.05) is 11.6 Å². The molecular weight excluding hydrogens is 362 g/mol. The van der Waals surface area contributed by atoms with Crippen molar-refractivity contribution in [2.24, 2.45) is 4.99 Å². The Labute approximate surface area is 172 Å². The second-order valence-corrected chi connectivity index (χ2v) is 6.77. The maximum Gasteiger partial charge on any atom is 0.225 e. The van der Waals surface area contributed by atoms with Gasteiger partial charge in [0.15, 0.2) is 0 Å². The molecule has 0 aliphatic heterocycles. The minimum absolute atomic E-state index is 0.453. The van der Waals surface area contributed by atoms with E-state index >= 15 is 0 Å². The van der Waals surface area contributed by atoms with Gasteiger partial charge in [0.2, 0.25) is 5.90 Å². The van der Waals surface area contributed by atoms with Gasteiger partial charge in [-0.3, -0.25) is 0 Å². The molecule has 29 heavy (non-hydrogen) atoms. The molecule has 0 amide bonds. The molecule has 0 fully saturated rings. The fraction of sp³-hybridized carbons (Fsp3) is 0.160. The van der Waals surface area contributed by atoms with Crippen LogP contribution in [0.15, 0.2) is 89.6 Å². The number of hydrogen-bond donors (Lipinski definition) is 0. The molecule has 3 rings (SSSR count). The number of aliphatic imine (C=N–C) groups is 1. The number of methoxy groups -OCH3 is 1. The van der Waals surface area contributed by atoms with E-state index in [1.54, 1.807) is 13.4 Å². The second kappa shape index (κ2) is 9.60. The second-order valence-electron chi connectivity index (χ2n) is 6.77. The molecule has 0 aromatic heterocycles. The van der Waals surface area contributed by atoms with Crippen LogP contribution < -0.4 is 14.2 Å². The molecule has 0 bridgehead atoms. The van der Waals surface area contributed by atoms with E-state index in [-0.39, 0.29) is 0 Å². The summed E-state index contributed by atoms with van der Waals surface area (Å²) in [4.78, 5) is 4.68. The summed E-state index contributed by atoms with van der Waals surface area (Å²) in [7, 11) is 1.63. The molecule has 3 aromatic rings. The molecule has 0 unspecified atom stereocenters. The fourth-order valence-electron chi connectivity index (χ4n) is 2.53. The van der Waals surface area contributed by atoms with Crippen LogP contribution in [-0.2, 0) is 0 Å². The lowest BCUT2D eigenvalue weighted by atomic mass is 10.2. The standard InChI is InChI=1S/C25H25NO3/c1-18-8-12-21(13-9-18)26-25(29-24-7-5-6-23(16-24)27-4)20(3)17-28-22-14-10-19(2)11-15-22/h5-17H,1-4H3. The van der Waals surface area contributed by atoms with E-state index in [9.17, 15) is 0 Å². The van der Waals surface area contributed by atoms with E-state index in [1.807, 2.05) is 93.6 Å². The zero-order chi connectivity index (χ0) is 20.6. The van der Waals surface area contributed by atoms with E-state index in [0.29, 0.717) is 11.6 Å². The highest BCUT2D eigenvalue weighted by molar-refractivity contribution is 5.96. The third kappa shape index (κ3) is 5.98. The van der Waals surface area contributed by atoms with Crippen LogP contribution in [0.3, 0.4) is 0 Å². The van der Waals surface area contributed by atoms with Gasteiger partial charge in [-0.1, -0.05) is 41.5 Å². The van der Waals surface area contributed by atoms with Crippen molar-refractivity contribution in [1.29, 1.82) is 0 Å². The Morgan fingerprint density at radius 1 is 0.793 bits per heavy atom. The van der Waals surface area contributed by atoms with Gasteiger partial charge in [-0.2, -0.15) is 0 Å². The number of ether oxygens (including phenoxy) is 3. The molecular formula is C25H25NO3. The van der Waals surface area contributed by atoms with Crippen LogP contribution >= 0.6 is 0 Å². The highest BCUT2D eigenvalue weighted by Gasteiger charge is 2.09. The Bertz CT molecular complexity index is 1000. The summed E-state index contributed by atoms with van der Waals surface area (Å²) >= 11 is 0. The Balaban J connectivity index is 1.89. The van der Waals surface area contributed by atoms with Crippen molar-refractivity contribution in [3.63, 3.8) is 0 Å². The molecule has 3 aromatic carbocycles. The van der Waals surface area contributed by atoms with E-state index in [1.165, 1.54) is 11.1 Å².